The third kappa shape index (κ3) is 9.14. The highest BCUT2D eigenvalue weighted by molar-refractivity contribution is 5.69. The Hall–Kier alpha value is -1.54. The minimum atomic E-state index is -0.466. The number of hydrogen-bond donors (Lipinski definition) is 2. The molecule has 2 aliphatic rings. The molecule has 2 fully saturated rings. The van der Waals surface area contributed by atoms with Crippen molar-refractivity contribution in [3.63, 3.8) is 0 Å². The van der Waals surface area contributed by atoms with Crippen molar-refractivity contribution in [3.8, 4) is 0 Å². The Labute approximate surface area is 194 Å². The number of amides is 2. The summed E-state index contributed by atoms with van der Waals surface area (Å²) >= 11 is 0. The van der Waals surface area contributed by atoms with Gasteiger partial charge in [0.1, 0.15) is 11.2 Å². The quantitative estimate of drug-likeness (QED) is 0.561. The minimum absolute atomic E-state index is 0.0357. The normalized spacial score (nSPS) is 31.4. The predicted molar refractivity (Wildman–Crippen MR) is 124 cm³/mol. The Kier molecular flexibility index (Phi) is 9.84. The minimum Gasteiger partial charge on any atom is -0.444 e. The van der Waals surface area contributed by atoms with Crippen molar-refractivity contribution in [2.24, 2.45) is 0 Å². The number of carbonyl (C=O) groups is 2. The second kappa shape index (κ2) is 11.1. The number of aliphatic hydroxyl groups excluding tert-OH is 2. The fourth-order valence-electron chi connectivity index (χ4n) is 4.44. The Bertz CT molecular complexity index is 549. The average molecular weight is 459 g/mol. The van der Waals surface area contributed by atoms with Crippen molar-refractivity contribution < 1.29 is 29.3 Å². The van der Waals surface area contributed by atoms with Crippen LogP contribution in [0.25, 0.3) is 0 Å². The van der Waals surface area contributed by atoms with E-state index in [0.29, 0.717) is 25.7 Å². The first-order chi connectivity index (χ1) is 14.4. The van der Waals surface area contributed by atoms with E-state index in [1.807, 2.05) is 69.2 Å². The standard InChI is InChI=1S/2C12H23NO3/c2*1-8-6-10(14)7-9(2)13(8)11(15)16-12(3,4)5/h2*8-10,14H,6-7H2,1-5H3/t2*8-,9+,10?. The Balaban J connectivity index is 0.000000320. The van der Waals surface area contributed by atoms with Gasteiger partial charge in [0, 0.05) is 24.2 Å². The first-order valence-corrected chi connectivity index (χ1v) is 11.8. The molecule has 0 aliphatic carbocycles. The molecule has 2 saturated heterocycles. The number of hydrogen-bond acceptors (Lipinski definition) is 6. The zero-order valence-corrected chi connectivity index (χ0v) is 21.7. The largest absolute Gasteiger partial charge is 0.444 e. The monoisotopic (exact) mass is 458 g/mol. The van der Waals surface area contributed by atoms with Crippen molar-refractivity contribution in [2.45, 2.75) is 142 Å². The summed E-state index contributed by atoms with van der Waals surface area (Å²) in [4.78, 5) is 27.4. The van der Waals surface area contributed by atoms with E-state index in [9.17, 15) is 19.8 Å². The molecular formula is C24H46N2O6. The first kappa shape index (κ1) is 28.5. The van der Waals surface area contributed by atoms with Crippen molar-refractivity contribution in [1.29, 1.82) is 0 Å². The van der Waals surface area contributed by atoms with E-state index in [-0.39, 0.29) is 48.6 Å². The molecule has 2 amide bonds. The van der Waals surface area contributed by atoms with Gasteiger partial charge in [0.05, 0.1) is 12.2 Å². The number of nitrogens with zero attached hydrogens (tertiary/aromatic N) is 2. The zero-order chi connectivity index (χ0) is 25.0. The summed E-state index contributed by atoms with van der Waals surface area (Å²) in [5.41, 5.74) is -0.931. The average Bonchev–Trinajstić information content (AvgIpc) is 2.49. The fourth-order valence-corrected chi connectivity index (χ4v) is 4.44. The molecule has 2 rings (SSSR count). The Morgan fingerprint density at radius 1 is 0.625 bits per heavy atom. The summed E-state index contributed by atoms with van der Waals surface area (Å²) in [5, 5.41) is 19.2. The van der Waals surface area contributed by atoms with Gasteiger partial charge in [-0.05, 0) is 94.9 Å². The summed E-state index contributed by atoms with van der Waals surface area (Å²) in [6, 6.07) is 0.143. The Morgan fingerprint density at radius 2 is 0.844 bits per heavy atom. The Morgan fingerprint density at radius 3 is 1.03 bits per heavy atom. The van der Waals surface area contributed by atoms with Crippen LogP contribution >= 0.6 is 0 Å². The lowest BCUT2D eigenvalue weighted by molar-refractivity contribution is -0.0237. The lowest BCUT2D eigenvalue weighted by Crippen LogP contribution is -2.52. The van der Waals surface area contributed by atoms with Gasteiger partial charge in [0.15, 0.2) is 0 Å². The maximum absolute atomic E-state index is 12.0. The van der Waals surface area contributed by atoms with Crippen molar-refractivity contribution in [3.05, 3.63) is 0 Å². The zero-order valence-electron chi connectivity index (χ0n) is 21.7. The summed E-state index contributed by atoms with van der Waals surface area (Å²) in [7, 11) is 0. The van der Waals surface area contributed by atoms with E-state index < -0.39 is 11.2 Å². The number of aliphatic hydroxyl groups is 2. The molecule has 2 N–H and O–H groups in total. The maximum atomic E-state index is 12.0. The van der Waals surface area contributed by atoms with Gasteiger partial charge < -0.3 is 29.5 Å². The van der Waals surface area contributed by atoms with Crippen LogP contribution in [0.15, 0.2) is 0 Å². The molecule has 0 saturated carbocycles. The van der Waals surface area contributed by atoms with Crippen LogP contribution in [0.2, 0.25) is 0 Å². The number of carbonyl (C=O) groups excluding carboxylic acids is 2. The van der Waals surface area contributed by atoms with Crippen LogP contribution in [0.4, 0.5) is 9.59 Å². The van der Waals surface area contributed by atoms with Crippen molar-refractivity contribution >= 4 is 12.2 Å². The molecule has 0 spiro atoms. The summed E-state index contributed by atoms with van der Waals surface area (Å²) in [6.45, 7) is 18.9. The van der Waals surface area contributed by atoms with E-state index in [0.717, 1.165) is 0 Å². The van der Waals surface area contributed by atoms with Gasteiger partial charge in [-0.15, -0.1) is 0 Å². The van der Waals surface area contributed by atoms with Gasteiger partial charge in [-0.2, -0.15) is 0 Å². The van der Waals surface area contributed by atoms with Crippen molar-refractivity contribution in [1.82, 2.24) is 9.80 Å². The molecule has 2 heterocycles. The van der Waals surface area contributed by atoms with Crippen molar-refractivity contribution in [2.75, 3.05) is 0 Å². The summed E-state index contributed by atoms with van der Waals surface area (Å²) in [5.74, 6) is 0. The van der Waals surface area contributed by atoms with Gasteiger partial charge in [0.2, 0.25) is 0 Å². The number of ether oxygens (including phenoxy) is 2. The molecule has 2 aliphatic heterocycles. The third-order valence-corrected chi connectivity index (χ3v) is 5.56. The number of likely N-dealkylation sites (tertiary alicyclic amines) is 2. The smallest absolute Gasteiger partial charge is 0.410 e. The van der Waals surface area contributed by atoms with Crippen LogP contribution in [0.1, 0.15) is 94.9 Å². The highest BCUT2D eigenvalue weighted by atomic mass is 16.6. The fraction of sp³-hybridized carbons (Fsp3) is 0.917. The summed E-state index contributed by atoms with van der Waals surface area (Å²) < 4.78 is 10.7. The molecular weight excluding hydrogens is 412 g/mol. The second-order valence-electron chi connectivity index (χ2n) is 11.4. The topological polar surface area (TPSA) is 99.5 Å². The number of rotatable bonds is 0. The molecule has 188 valence electrons. The van der Waals surface area contributed by atoms with Gasteiger partial charge in [-0.3, -0.25) is 0 Å². The van der Waals surface area contributed by atoms with E-state index in [1.165, 1.54) is 0 Å². The summed E-state index contributed by atoms with van der Waals surface area (Å²) in [6.07, 6.45) is 1.35. The molecule has 8 nitrogen and oxygen atoms in total. The van der Waals surface area contributed by atoms with Crippen LogP contribution in [0.3, 0.4) is 0 Å². The predicted octanol–water partition coefficient (Wildman–Crippen LogP) is 4.31. The van der Waals surface area contributed by atoms with Gasteiger partial charge in [-0.25, -0.2) is 9.59 Å². The lowest BCUT2D eigenvalue weighted by Gasteiger charge is -2.41. The molecule has 6 atom stereocenters. The van der Waals surface area contributed by atoms with E-state index in [4.69, 9.17) is 9.47 Å². The molecule has 0 radical (unpaired) electrons. The molecule has 0 aromatic heterocycles. The molecule has 0 aromatic carbocycles. The van der Waals surface area contributed by atoms with E-state index >= 15 is 0 Å². The third-order valence-electron chi connectivity index (χ3n) is 5.56. The first-order valence-electron chi connectivity index (χ1n) is 11.8. The van der Waals surface area contributed by atoms with E-state index in [1.54, 1.807) is 9.80 Å². The maximum Gasteiger partial charge on any atom is 0.410 e. The molecule has 0 bridgehead atoms. The highest BCUT2D eigenvalue weighted by Gasteiger charge is 2.36. The molecule has 0 aromatic rings. The van der Waals surface area contributed by atoms with Crippen LogP contribution < -0.4 is 0 Å². The van der Waals surface area contributed by atoms with Gasteiger partial charge in [-0.1, -0.05) is 0 Å². The van der Waals surface area contributed by atoms with Crippen LogP contribution in [-0.4, -0.2) is 79.8 Å². The van der Waals surface area contributed by atoms with Crippen LogP contribution in [0, 0.1) is 0 Å². The molecule has 32 heavy (non-hydrogen) atoms. The van der Waals surface area contributed by atoms with Gasteiger partial charge >= 0.3 is 12.2 Å². The SMILES string of the molecule is C[C@@H]1CC(O)C[C@H](C)N1C(=O)OC(C)(C)C.C[C@@H]1CC(O)C[C@H](C)N1C(=O)OC(C)(C)C. The molecule has 8 heteroatoms. The van der Waals surface area contributed by atoms with Crippen LogP contribution in [0.5, 0.6) is 0 Å². The lowest BCUT2D eigenvalue weighted by atomic mass is 9.95. The van der Waals surface area contributed by atoms with Crippen LogP contribution in [-0.2, 0) is 9.47 Å². The molecule has 2 unspecified atom stereocenters. The van der Waals surface area contributed by atoms with Gasteiger partial charge in [0.25, 0.3) is 0 Å². The second-order valence-corrected chi connectivity index (χ2v) is 11.4. The number of piperidine rings is 2. The van der Waals surface area contributed by atoms with E-state index in [2.05, 4.69) is 0 Å². The highest BCUT2D eigenvalue weighted by Crippen LogP contribution is 2.26.